The van der Waals surface area contributed by atoms with E-state index in [2.05, 4.69) is 0 Å². The average Bonchev–Trinajstić information content (AvgIpc) is 1.83. The molecule has 0 amide bonds. The van der Waals surface area contributed by atoms with E-state index in [4.69, 9.17) is 11.5 Å². The van der Waals surface area contributed by atoms with Crippen molar-refractivity contribution in [1.29, 1.82) is 0 Å². The van der Waals surface area contributed by atoms with E-state index in [9.17, 15) is 0 Å². The minimum absolute atomic E-state index is 0.00926. The first-order valence-electron chi connectivity index (χ1n) is 3.08. The van der Waals surface area contributed by atoms with E-state index in [1.54, 1.807) is 0 Å². The van der Waals surface area contributed by atoms with Crippen molar-refractivity contribution in [3.8, 4) is 0 Å². The third-order valence-corrected chi connectivity index (χ3v) is 1.63. The van der Waals surface area contributed by atoms with Crippen LogP contribution in [0.15, 0.2) is 23.8 Å². The lowest BCUT2D eigenvalue weighted by Gasteiger charge is -2.19. The topological polar surface area (TPSA) is 52.0 Å². The molecule has 0 spiro atoms. The number of hydrogen-bond acceptors (Lipinski definition) is 2. The molecule has 2 heteroatoms. The fourth-order valence-electron chi connectivity index (χ4n) is 0.870. The standard InChI is InChI=1S/C7H12N2/c1-5-3-2-4-6(8)7(5)9/h2-4,6-7H,8-9H2,1H3. The van der Waals surface area contributed by atoms with E-state index in [1.165, 1.54) is 0 Å². The number of hydrogen-bond donors (Lipinski definition) is 2. The van der Waals surface area contributed by atoms with Crippen molar-refractivity contribution < 1.29 is 0 Å². The van der Waals surface area contributed by atoms with Crippen LogP contribution in [0.4, 0.5) is 0 Å². The Morgan fingerprint density at radius 2 is 2.11 bits per heavy atom. The first kappa shape index (κ1) is 6.52. The van der Waals surface area contributed by atoms with Gasteiger partial charge in [-0.05, 0) is 6.92 Å². The summed E-state index contributed by atoms with van der Waals surface area (Å²) in [5.41, 5.74) is 12.5. The molecule has 9 heavy (non-hydrogen) atoms. The summed E-state index contributed by atoms with van der Waals surface area (Å²) in [6.07, 6.45) is 5.86. The van der Waals surface area contributed by atoms with Gasteiger partial charge >= 0.3 is 0 Å². The van der Waals surface area contributed by atoms with Crippen LogP contribution in [0.3, 0.4) is 0 Å². The second-order valence-electron chi connectivity index (χ2n) is 2.40. The van der Waals surface area contributed by atoms with Crippen molar-refractivity contribution in [3.63, 3.8) is 0 Å². The molecule has 0 aromatic rings. The zero-order chi connectivity index (χ0) is 6.85. The predicted molar refractivity (Wildman–Crippen MR) is 38.8 cm³/mol. The maximum absolute atomic E-state index is 5.68. The molecule has 0 aromatic heterocycles. The molecule has 0 bridgehead atoms. The van der Waals surface area contributed by atoms with Gasteiger partial charge in [0.25, 0.3) is 0 Å². The maximum atomic E-state index is 5.68. The van der Waals surface area contributed by atoms with Gasteiger partial charge in [0.2, 0.25) is 0 Å². The molecular weight excluding hydrogens is 112 g/mol. The molecule has 2 atom stereocenters. The van der Waals surface area contributed by atoms with Gasteiger partial charge in [0.05, 0.1) is 0 Å². The lowest BCUT2D eigenvalue weighted by atomic mass is 9.97. The molecule has 50 valence electrons. The van der Waals surface area contributed by atoms with Crippen LogP contribution in [0.1, 0.15) is 6.92 Å². The Morgan fingerprint density at radius 3 is 2.56 bits per heavy atom. The second-order valence-corrected chi connectivity index (χ2v) is 2.40. The summed E-state index contributed by atoms with van der Waals surface area (Å²) < 4.78 is 0. The molecule has 0 saturated carbocycles. The predicted octanol–water partition coefficient (Wildman–Crippen LogP) is 0.157. The van der Waals surface area contributed by atoms with Crippen LogP contribution in [-0.2, 0) is 0 Å². The SMILES string of the molecule is CC1=CC=CC(N)C1N. The van der Waals surface area contributed by atoms with Gasteiger partial charge in [-0.2, -0.15) is 0 Å². The van der Waals surface area contributed by atoms with Crippen molar-refractivity contribution in [3.05, 3.63) is 23.8 Å². The Hall–Kier alpha value is -0.600. The quantitative estimate of drug-likeness (QED) is 0.483. The van der Waals surface area contributed by atoms with Crippen molar-refractivity contribution in [2.45, 2.75) is 19.0 Å². The van der Waals surface area contributed by atoms with Crippen LogP contribution in [0.5, 0.6) is 0 Å². The summed E-state index contributed by atoms with van der Waals surface area (Å²) in [4.78, 5) is 0. The third-order valence-electron chi connectivity index (χ3n) is 1.63. The summed E-state index contributed by atoms with van der Waals surface area (Å²) in [5.74, 6) is 0. The molecule has 0 aromatic carbocycles. The second kappa shape index (κ2) is 2.33. The summed E-state index contributed by atoms with van der Waals surface area (Å²) in [5, 5.41) is 0. The average molecular weight is 124 g/mol. The monoisotopic (exact) mass is 124 g/mol. The van der Waals surface area contributed by atoms with Crippen LogP contribution >= 0.6 is 0 Å². The van der Waals surface area contributed by atoms with E-state index in [1.807, 2.05) is 25.2 Å². The van der Waals surface area contributed by atoms with E-state index < -0.39 is 0 Å². The van der Waals surface area contributed by atoms with Crippen LogP contribution in [-0.4, -0.2) is 12.1 Å². The van der Waals surface area contributed by atoms with Crippen LogP contribution in [0.25, 0.3) is 0 Å². The highest BCUT2D eigenvalue weighted by Crippen LogP contribution is 2.08. The molecule has 0 fully saturated rings. The Bertz CT molecular complexity index is 158. The zero-order valence-corrected chi connectivity index (χ0v) is 5.54. The number of rotatable bonds is 0. The highest BCUT2D eigenvalue weighted by Gasteiger charge is 2.13. The van der Waals surface area contributed by atoms with Gasteiger partial charge in [-0.1, -0.05) is 23.8 Å². The van der Waals surface area contributed by atoms with Gasteiger partial charge in [0.1, 0.15) is 0 Å². The van der Waals surface area contributed by atoms with Crippen LogP contribution < -0.4 is 11.5 Å². The highest BCUT2D eigenvalue weighted by molar-refractivity contribution is 5.25. The molecule has 1 aliphatic carbocycles. The number of allylic oxidation sites excluding steroid dienone is 2. The van der Waals surface area contributed by atoms with Gasteiger partial charge in [-0.25, -0.2) is 0 Å². The molecule has 0 saturated heterocycles. The summed E-state index contributed by atoms with van der Waals surface area (Å²) >= 11 is 0. The number of nitrogens with two attached hydrogens (primary N) is 2. The molecule has 2 unspecified atom stereocenters. The lowest BCUT2D eigenvalue weighted by molar-refractivity contribution is 0.666. The van der Waals surface area contributed by atoms with Gasteiger partial charge in [0.15, 0.2) is 0 Å². The van der Waals surface area contributed by atoms with Crippen molar-refractivity contribution in [2.24, 2.45) is 11.5 Å². The Labute approximate surface area is 55.2 Å². The minimum atomic E-state index is 0.00926. The molecule has 0 aliphatic heterocycles. The van der Waals surface area contributed by atoms with Gasteiger partial charge in [-0.15, -0.1) is 0 Å². The highest BCUT2D eigenvalue weighted by atomic mass is 14.8. The Morgan fingerprint density at radius 1 is 1.44 bits per heavy atom. The Kier molecular flexibility index (Phi) is 1.69. The van der Waals surface area contributed by atoms with Crippen LogP contribution in [0.2, 0.25) is 0 Å². The smallest absolute Gasteiger partial charge is 0.0444 e. The minimum Gasteiger partial charge on any atom is -0.323 e. The fraction of sp³-hybridized carbons (Fsp3) is 0.429. The van der Waals surface area contributed by atoms with E-state index >= 15 is 0 Å². The summed E-state index contributed by atoms with van der Waals surface area (Å²) in [6, 6.07) is 0.0324. The van der Waals surface area contributed by atoms with E-state index in [-0.39, 0.29) is 12.1 Å². The van der Waals surface area contributed by atoms with Gasteiger partial charge in [0, 0.05) is 12.1 Å². The molecule has 1 rings (SSSR count). The molecule has 2 nitrogen and oxygen atoms in total. The normalized spacial score (nSPS) is 34.3. The zero-order valence-electron chi connectivity index (χ0n) is 5.54. The fourth-order valence-corrected chi connectivity index (χ4v) is 0.870. The first-order chi connectivity index (χ1) is 4.22. The summed E-state index contributed by atoms with van der Waals surface area (Å²) in [7, 11) is 0. The molecule has 0 heterocycles. The Balaban J connectivity index is 2.73. The van der Waals surface area contributed by atoms with Crippen molar-refractivity contribution in [1.82, 2.24) is 0 Å². The van der Waals surface area contributed by atoms with Crippen molar-refractivity contribution >= 4 is 0 Å². The van der Waals surface area contributed by atoms with Gasteiger partial charge in [-0.3, -0.25) is 0 Å². The van der Waals surface area contributed by atoms with Gasteiger partial charge < -0.3 is 11.5 Å². The molecule has 4 N–H and O–H groups in total. The third kappa shape index (κ3) is 1.20. The van der Waals surface area contributed by atoms with Crippen molar-refractivity contribution in [2.75, 3.05) is 0 Å². The molecule has 0 radical (unpaired) electrons. The van der Waals surface area contributed by atoms with E-state index in [0.29, 0.717) is 0 Å². The maximum Gasteiger partial charge on any atom is 0.0444 e. The lowest BCUT2D eigenvalue weighted by Crippen LogP contribution is -2.41. The van der Waals surface area contributed by atoms with E-state index in [0.717, 1.165) is 5.57 Å². The first-order valence-corrected chi connectivity index (χ1v) is 3.08. The summed E-state index contributed by atoms with van der Waals surface area (Å²) in [6.45, 7) is 1.99. The molecule has 1 aliphatic rings. The van der Waals surface area contributed by atoms with Crippen LogP contribution in [0, 0.1) is 0 Å². The molecular formula is C7H12N2. The largest absolute Gasteiger partial charge is 0.323 e.